The molecular formula is C6H16NO2P. The Labute approximate surface area is 64.6 Å². The molecule has 0 aliphatic carbocycles. The summed E-state index contributed by atoms with van der Waals surface area (Å²) in [6.07, 6.45) is 0.432. The van der Waals surface area contributed by atoms with Gasteiger partial charge in [-0.25, -0.2) is 0 Å². The van der Waals surface area contributed by atoms with Crippen LogP contribution >= 0.6 is 9.47 Å². The van der Waals surface area contributed by atoms with Crippen LogP contribution in [0.4, 0.5) is 0 Å². The molecule has 62 valence electrons. The maximum atomic E-state index is 9.13. The molecule has 3 nitrogen and oxygen atoms in total. The summed E-state index contributed by atoms with van der Waals surface area (Å²) < 4.78 is 4.68. The normalized spacial score (nSPS) is 14.1. The van der Waals surface area contributed by atoms with Gasteiger partial charge in [0.25, 0.3) is 0 Å². The van der Waals surface area contributed by atoms with Gasteiger partial charge in [0.2, 0.25) is 0 Å². The van der Waals surface area contributed by atoms with Gasteiger partial charge in [0.05, 0.1) is 12.7 Å². The standard InChI is InChI=1S/C6H16NO2P/c1-7(2)4-3-6(8)5-9-10/h6,8H,3-5,10H2,1-2H3. The van der Waals surface area contributed by atoms with Gasteiger partial charge < -0.3 is 14.5 Å². The predicted octanol–water partition coefficient (Wildman–Crippen LogP) is 0.106. The summed E-state index contributed by atoms with van der Waals surface area (Å²) in [5, 5.41) is 9.13. The van der Waals surface area contributed by atoms with E-state index in [1.54, 1.807) is 0 Å². The van der Waals surface area contributed by atoms with E-state index in [1.165, 1.54) is 0 Å². The molecule has 0 aliphatic rings. The molecule has 0 fully saturated rings. The van der Waals surface area contributed by atoms with Gasteiger partial charge in [0.1, 0.15) is 0 Å². The van der Waals surface area contributed by atoms with Gasteiger partial charge in [0.15, 0.2) is 0 Å². The Morgan fingerprint density at radius 2 is 2.20 bits per heavy atom. The summed E-state index contributed by atoms with van der Waals surface area (Å²) >= 11 is 0. The average molecular weight is 165 g/mol. The monoisotopic (exact) mass is 165 g/mol. The second kappa shape index (κ2) is 6.05. The molecule has 0 saturated carbocycles. The molecule has 0 aliphatic heterocycles. The number of aliphatic hydroxyl groups excluding tert-OH is 1. The lowest BCUT2D eigenvalue weighted by Gasteiger charge is -2.12. The number of nitrogens with zero attached hydrogens (tertiary/aromatic N) is 1. The average Bonchev–Trinajstić information content (AvgIpc) is 1.85. The Bertz CT molecular complexity index is 80.1. The summed E-state index contributed by atoms with van der Waals surface area (Å²) in [7, 11) is 6.08. The first-order chi connectivity index (χ1) is 4.66. The molecule has 0 spiro atoms. The molecule has 0 rings (SSSR count). The highest BCUT2D eigenvalue weighted by Crippen LogP contribution is 1.96. The highest BCUT2D eigenvalue weighted by atomic mass is 31.0. The van der Waals surface area contributed by atoms with E-state index in [0.29, 0.717) is 6.61 Å². The topological polar surface area (TPSA) is 32.7 Å². The lowest BCUT2D eigenvalue weighted by molar-refractivity contribution is 0.102. The smallest absolute Gasteiger partial charge is 0.0789 e. The lowest BCUT2D eigenvalue weighted by atomic mass is 10.2. The number of aliphatic hydroxyl groups is 1. The largest absolute Gasteiger partial charge is 0.391 e. The molecule has 0 heterocycles. The van der Waals surface area contributed by atoms with Crippen molar-refractivity contribution in [3.8, 4) is 0 Å². The molecule has 0 bridgehead atoms. The second-order valence-corrected chi connectivity index (χ2v) is 2.91. The summed E-state index contributed by atoms with van der Waals surface area (Å²) in [5.41, 5.74) is 0. The quantitative estimate of drug-likeness (QED) is 0.587. The van der Waals surface area contributed by atoms with Crippen LogP contribution in [0.5, 0.6) is 0 Å². The highest BCUT2D eigenvalue weighted by Gasteiger charge is 2.02. The fraction of sp³-hybridized carbons (Fsp3) is 1.00. The third kappa shape index (κ3) is 6.43. The van der Waals surface area contributed by atoms with Crippen molar-refractivity contribution < 1.29 is 9.63 Å². The zero-order valence-corrected chi connectivity index (χ0v) is 7.73. The molecule has 0 aromatic heterocycles. The first-order valence-electron chi connectivity index (χ1n) is 3.31. The van der Waals surface area contributed by atoms with Gasteiger partial charge in [0, 0.05) is 16.0 Å². The molecule has 4 heteroatoms. The van der Waals surface area contributed by atoms with Gasteiger partial charge >= 0.3 is 0 Å². The minimum atomic E-state index is -0.333. The predicted molar refractivity (Wildman–Crippen MR) is 44.8 cm³/mol. The van der Waals surface area contributed by atoms with E-state index in [1.807, 2.05) is 19.0 Å². The van der Waals surface area contributed by atoms with Crippen molar-refractivity contribution in [2.75, 3.05) is 27.2 Å². The van der Waals surface area contributed by atoms with Crippen molar-refractivity contribution in [1.82, 2.24) is 4.90 Å². The SMILES string of the molecule is CN(C)CCC(O)COP. The molecule has 0 aromatic carbocycles. The van der Waals surface area contributed by atoms with E-state index in [-0.39, 0.29) is 6.10 Å². The van der Waals surface area contributed by atoms with Crippen LogP contribution in [0, 0.1) is 0 Å². The molecule has 0 aromatic rings. The minimum absolute atomic E-state index is 0.333. The molecule has 10 heavy (non-hydrogen) atoms. The Morgan fingerprint density at radius 3 is 2.60 bits per heavy atom. The van der Waals surface area contributed by atoms with E-state index in [4.69, 9.17) is 5.11 Å². The zero-order chi connectivity index (χ0) is 7.98. The zero-order valence-electron chi connectivity index (χ0n) is 6.58. The fourth-order valence-electron chi connectivity index (χ4n) is 0.602. The van der Waals surface area contributed by atoms with Gasteiger partial charge in [-0.3, -0.25) is 0 Å². The maximum Gasteiger partial charge on any atom is 0.0789 e. The van der Waals surface area contributed by atoms with Crippen molar-refractivity contribution >= 4 is 9.47 Å². The number of hydrogen-bond donors (Lipinski definition) is 1. The van der Waals surface area contributed by atoms with Gasteiger partial charge in [-0.1, -0.05) is 0 Å². The van der Waals surface area contributed by atoms with E-state index in [0.717, 1.165) is 13.0 Å². The molecular weight excluding hydrogens is 149 g/mol. The molecule has 2 atom stereocenters. The Kier molecular flexibility index (Phi) is 6.24. The number of rotatable bonds is 5. The van der Waals surface area contributed by atoms with Crippen molar-refractivity contribution in [3.05, 3.63) is 0 Å². The first-order valence-corrected chi connectivity index (χ1v) is 3.78. The van der Waals surface area contributed by atoms with Crippen LogP contribution in [0.1, 0.15) is 6.42 Å². The van der Waals surface area contributed by atoms with E-state index in [9.17, 15) is 0 Å². The molecule has 1 N–H and O–H groups in total. The van der Waals surface area contributed by atoms with Crippen LogP contribution < -0.4 is 0 Å². The summed E-state index contributed by atoms with van der Waals surface area (Å²) in [6, 6.07) is 0. The van der Waals surface area contributed by atoms with E-state index >= 15 is 0 Å². The van der Waals surface area contributed by atoms with Gasteiger partial charge in [-0.15, -0.1) is 0 Å². The molecule has 0 radical (unpaired) electrons. The first kappa shape index (κ1) is 10.3. The van der Waals surface area contributed by atoms with Gasteiger partial charge in [-0.05, 0) is 20.5 Å². The summed E-state index contributed by atoms with van der Waals surface area (Å²) in [6.45, 7) is 1.30. The van der Waals surface area contributed by atoms with Crippen molar-refractivity contribution in [1.29, 1.82) is 0 Å². The van der Waals surface area contributed by atoms with Crippen LogP contribution in [-0.2, 0) is 4.52 Å². The Morgan fingerprint density at radius 1 is 1.60 bits per heavy atom. The molecule has 2 unspecified atom stereocenters. The Balaban J connectivity index is 3.12. The highest BCUT2D eigenvalue weighted by molar-refractivity contribution is 7.09. The number of hydrogen-bond acceptors (Lipinski definition) is 3. The van der Waals surface area contributed by atoms with Crippen molar-refractivity contribution in [2.24, 2.45) is 0 Å². The van der Waals surface area contributed by atoms with E-state index in [2.05, 4.69) is 14.0 Å². The summed E-state index contributed by atoms with van der Waals surface area (Å²) in [4.78, 5) is 2.03. The molecule has 0 saturated heterocycles. The third-order valence-electron chi connectivity index (χ3n) is 1.20. The lowest BCUT2D eigenvalue weighted by Crippen LogP contribution is -2.21. The third-order valence-corrected chi connectivity index (χ3v) is 1.39. The van der Waals surface area contributed by atoms with Crippen LogP contribution in [0.15, 0.2) is 0 Å². The van der Waals surface area contributed by atoms with Crippen LogP contribution in [-0.4, -0.2) is 43.4 Å². The minimum Gasteiger partial charge on any atom is -0.391 e. The Hall–Kier alpha value is 0.310. The van der Waals surface area contributed by atoms with Crippen molar-refractivity contribution in [3.63, 3.8) is 0 Å². The van der Waals surface area contributed by atoms with Crippen LogP contribution in [0.25, 0.3) is 0 Å². The van der Waals surface area contributed by atoms with Crippen LogP contribution in [0.3, 0.4) is 0 Å². The van der Waals surface area contributed by atoms with Gasteiger partial charge in [-0.2, -0.15) is 0 Å². The fourth-order valence-corrected chi connectivity index (χ4v) is 0.824. The molecule has 0 amide bonds. The van der Waals surface area contributed by atoms with E-state index < -0.39 is 0 Å². The van der Waals surface area contributed by atoms with Crippen LogP contribution in [0.2, 0.25) is 0 Å². The van der Waals surface area contributed by atoms with Crippen molar-refractivity contribution in [2.45, 2.75) is 12.5 Å². The second-order valence-electron chi connectivity index (χ2n) is 2.58. The summed E-state index contributed by atoms with van der Waals surface area (Å²) in [5.74, 6) is 0. The maximum absolute atomic E-state index is 9.13.